The molecule has 0 spiro atoms. The summed E-state index contributed by atoms with van der Waals surface area (Å²) in [5.74, 6) is 0.691. The second kappa shape index (κ2) is 9.51. The molecule has 5 heteroatoms. The molecule has 2 aromatic carbocycles. The molecule has 3 rings (SSSR count). The first-order valence-electron chi connectivity index (χ1n) is 9.92. The zero-order valence-corrected chi connectivity index (χ0v) is 16.9. The quantitative estimate of drug-likeness (QED) is 0.594. The molecule has 0 radical (unpaired) electrons. The van der Waals surface area contributed by atoms with E-state index in [4.69, 9.17) is 4.74 Å². The number of aryl methyl sites for hydroxylation is 1. The Kier molecular flexibility index (Phi) is 6.82. The summed E-state index contributed by atoms with van der Waals surface area (Å²) < 4.78 is 5.66. The highest BCUT2D eigenvalue weighted by molar-refractivity contribution is 6.10. The zero-order valence-electron chi connectivity index (χ0n) is 16.9. The van der Waals surface area contributed by atoms with E-state index in [1.165, 1.54) is 5.56 Å². The predicted molar refractivity (Wildman–Crippen MR) is 114 cm³/mol. The lowest BCUT2D eigenvalue weighted by atomic mass is 10.0. The van der Waals surface area contributed by atoms with Crippen molar-refractivity contribution in [2.24, 2.45) is 4.99 Å². The number of benzene rings is 2. The van der Waals surface area contributed by atoms with Crippen molar-refractivity contribution in [1.82, 2.24) is 5.32 Å². The Bertz CT molecular complexity index is 822. The van der Waals surface area contributed by atoms with Crippen molar-refractivity contribution in [1.29, 1.82) is 0 Å². The van der Waals surface area contributed by atoms with Gasteiger partial charge in [0.1, 0.15) is 0 Å². The summed E-state index contributed by atoms with van der Waals surface area (Å²) in [6, 6.07) is 15.7. The average molecular weight is 380 g/mol. The molecule has 1 atom stereocenters. The van der Waals surface area contributed by atoms with Crippen molar-refractivity contribution in [3.8, 4) is 0 Å². The van der Waals surface area contributed by atoms with Crippen molar-refractivity contribution in [2.75, 3.05) is 18.5 Å². The number of rotatable bonds is 5. The Hall–Kier alpha value is -2.66. The largest absolute Gasteiger partial charge is 0.376 e. The van der Waals surface area contributed by atoms with Crippen LogP contribution in [0.4, 0.5) is 5.69 Å². The fourth-order valence-corrected chi connectivity index (χ4v) is 3.09. The van der Waals surface area contributed by atoms with Crippen LogP contribution in [0.25, 0.3) is 0 Å². The van der Waals surface area contributed by atoms with E-state index < -0.39 is 0 Å². The lowest BCUT2D eigenvalue weighted by Gasteiger charge is -2.15. The van der Waals surface area contributed by atoms with Gasteiger partial charge in [-0.2, -0.15) is 0 Å². The third kappa shape index (κ3) is 5.67. The van der Waals surface area contributed by atoms with Gasteiger partial charge in [-0.05, 0) is 55.5 Å². The van der Waals surface area contributed by atoms with Crippen molar-refractivity contribution in [2.45, 2.75) is 45.6 Å². The van der Waals surface area contributed by atoms with Crippen LogP contribution in [0.2, 0.25) is 0 Å². The van der Waals surface area contributed by atoms with Gasteiger partial charge in [0.05, 0.1) is 12.6 Å². The fourth-order valence-electron chi connectivity index (χ4n) is 3.09. The van der Waals surface area contributed by atoms with E-state index in [0.717, 1.165) is 30.7 Å². The van der Waals surface area contributed by atoms with Gasteiger partial charge in [0, 0.05) is 17.9 Å². The van der Waals surface area contributed by atoms with E-state index in [2.05, 4.69) is 41.6 Å². The first-order valence-corrected chi connectivity index (χ1v) is 9.92. The number of carbonyl (C=O) groups excluding carboxylic acids is 1. The number of aliphatic imine (C=N–C) groups is 1. The number of nitrogens with zero attached hydrogens (tertiary/aromatic N) is 1. The van der Waals surface area contributed by atoms with E-state index in [0.29, 0.717) is 24.0 Å². The van der Waals surface area contributed by atoms with Crippen molar-refractivity contribution in [3.05, 3.63) is 65.2 Å². The minimum atomic E-state index is -0.182. The molecule has 1 amide bonds. The molecule has 0 saturated carbocycles. The maximum atomic E-state index is 12.7. The number of carbonyl (C=O) groups is 1. The zero-order chi connectivity index (χ0) is 19.9. The molecular weight excluding hydrogens is 350 g/mol. The van der Waals surface area contributed by atoms with Gasteiger partial charge in [-0.15, -0.1) is 0 Å². The number of nitrogens with one attached hydrogen (secondary N) is 2. The highest BCUT2D eigenvalue weighted by Gasteiger charge is 2.16. The molecule has 1 heterocycles. The van der Waals surface area contributed by atoms with Crippen LogP contribution in [0, 0.1) is 6.92 Å². The maximum Gasteiger partial charge on any atom is 0.257 e. The van der Waals surface area contributed by atoms with Gasteiger partial charge >= 0.3 is 0 Å². The van der Waals surface area contributed by atoms with Crippen molar-refractivity contribution < 1.29 is 9.53 Å². The summed E-state index contributed by atoms with van der Waals surface area (Å²) in [6.45, 7) is 7.63. The number of hydrogen-bond acceptors (Lipinski definition) is 3. The van der Waals surface area contributed by atoms with E-state index in [1.807, 2.05) is 43.3 Å². The molecule has 28 heavy (non-hydrogen) atoms. The van der Waals surface area contributed by atoms with Crippen LogP contribution in [-0.4, -0.2) is 31.1 Å². The number of hydrogen-bond donors (Lipinski definition) is 2. The van der Waals surface area contributed by atoms with Gasteiger partial charge in [0.2, 0.25) is 5.96 Å². The van der Waals surface area contributed by atoms with Crippen LogP contribution in [0.1, 0.15) is 54.1 Å². The second-order valence-corrected chi connectivity index (χ2v) is 7.55. The van der Waals surface area contributed by atoms with Gasteiger partial charge in [0.25, 0.3) is 5.91 Å². The summed E-state index contributed by atoms with van der Waals surface area (Å²) >= 11 is 0. The van der Waals surface area contributed by atoms with Gasteiger partial charge in [-0.25, -0.2) is 4.99 Å². The molecule has 0 aliphatic carbocycles. The van der Waals surface area contributed by atoms with Crippen LogP contribution in [-0.2, 0) is 4.74 Å². The number of amides is 1. The molecule has 1 aliphatic rings. The van der Waals surface area contributed by atoms with Gasteiger partial charge in [0.15, 0.2) is 0 Å². The van der Waals surface area contributed by atoms with Crippen LogP contribution >= 0.6 is 0 Å². The summed E-state index contributed by atoms with van der Waals surface area (Å²) in [5, 5.41) is 6.19. The van der Waals surface area contributed by atoms with Crippen molar-refractivity contribution in [3.63, 3.8) is 0 Å². The monoisotopic (exact) mass is 379 g/mol. The van der Waals surface area contributed by atoms with Crippen LogP contribution < -0.4 is 10.6 Å². The number of anilines is 1. The van der Waals surface area contributed by atoms with E-state index in [1.54, 1.807) is 0 Å². The van der Waals surface area contributed by atoms with Gasteiger partial charge in [-0.1, -0.05) is 43.7 Å². The lowest BCUT2D eigenvalue weighted by Crippen LogP contribution is -2.36. The maximum absolute atomic E-state index is 12.7. The summed E-state index contributed by atoms with van der Waals surface area (Å²) in [6.07, 6.45) is 2.19. The fraction of sp³-hybridized carbons (Fsp3) is 0.391. The molecular formula is C23H29N3O2. The Labute approximate surface area is 167 Å². The molecule has 148 valence electrons. The molecule has 1 fully saturated rings. The molecule has 0 aromatic heterocycles. The predicted octanol–water partition coefficient (Wildman–Crippen LogP) is 4.50. The number of ether oxygens (including phenoxy) is 1. The standard InChI is InChI=1S/C23H29N3O2/c1-16(2)19-6-4-7-20(14-19)25-23(24-15-21-8-5-13-28-21)26-22(27)18-11-9-17(3)10-12-18/h4,6-7,9-12,14,16,21H,5,8,13,15H2,1-3H3,(H2,24,25,26,27). The Balaban J connectivity index is 1.76. The molecule has 2 aromatic rings. The van der Waals surface area contributed by atoms with Crippen LogP contribution in [0.15, 0.2) is 53.5 Å². The number of guanidine groups is 1. The summed E-state index contributed by atoms with van der Waals surface area (Å²) in [5.41, 5.74) is 3.86. The van der Waals surface area contributed by atoms with E-state index in [-0.39, 0.29) is 12.0 Å². The highest BCUT2D eigenvalue weighted by atomic mass is 16.5. The van der Waals surface area contributed by atoms with Gasteiger partial charge < -0.3 is 10.1 Å². The summed E-state index contributed by atoms with van der Waals surface area (Å²) in [4.78, 5) is 17.3. The lowest BCUT2D eigenvalue weighted by molar-refractivity contribution is 0.0975. The minimum Gasteiger partial charge on any atom is -0.376 e. The summed E-state index contributed by atoms with van der Waals surface area (Å²) in [7, 11) is 0. The van der Waals surface area contributed by atoms with Crippen molar-refractivity contribution >= 4 is 17.6 Å². The second-order valence-electron chi connectivity index (χ2n) is 7.55. The molecule has 5 nitrogen and oxygen atoms in total. The SMILES string of the molecule is Cc1ccc(C(=O)NC(=NCC2CCCO2)Nc2cccc(C(C)C)c2)cc1. The van der Waals surface area contributed by atoms with Gasteiger partial charge in [-0.3, -0.25) is 10.1 Å². The topological polar surface area (TPSA) is 62.7 Å². The molecule has 2 N–H and O–H groups in total. The Morgan fingerprint density at radius 2 is 2.00 bits per heavy atom. The van der Waals surface area contributed by atoms with E-state index in [9.17, 15) is 4.79 Å². The first-order chi connectivity index (χ1) is 13.5. The van der Waals surface area contributed by atoms with Crippen LogP contribution in [0.3, 0.4) is 0 Å². The average Bonchev–Trinajstić information content (AvgIpc) is 3.20. The molecule has 1 saturated heterocycles. The minimum absolute atomic E-state index is 0.120. The third-order valence-corrected chi connectivity index (χ3v) is 4.84. The first kappa shape index (κ1) is 20.1. The molecule has 0 bridgehead atoms. The molecule has 1 unspecified atom stereocenters. The Morgan fingerprint density at radius 3 is 2.68 bits per heavy atom. The normalized spacial score (nSPS) is 17.0. The molecule has 1 aliphatic heterocycles. The van der Waals surface area contributed by atoms with Crippen LogP contribution in [0.5, 0.6) is 0 Å². The third-order valence-electron chi connectivity index (χ3n) is 4.84. The Morgan fingerprint density at radius 1 is 1.21 bits per heavy atom. The highest BCUT2D eigenvalue weighted by Crippen LogP contribution is 2.18. The smallest absolute Gasteiger partial charge is 0.257 e. The van der Waals surface area contributed by atoms with E-state index >= 15 is 0 Å².